The fourth-order valence-corrected chi connectivity index (χ4v) is 2.20. The maximum atomic E-state index is 11.1. The molecular formula is C17H16Cl2N2O4. The SMILES string of the molecule is COC(=O)NOc1cc(/C(C)=N/OCc2cccc(Cl)c2)ccc1Cl. The molecule has 0 spiro atoms. The summed E-state index contributed by atoms with van der Waals surface area (Å²) in [7, 11) is 1.23. The van der Waals surface area contributed by atoms with Crippen molar-refractivity contribution in [2.75, 3.05) is 7.11 Å². The van der Waals surface area contributed by atoms with E-state index in [1.807, 2.05) is 12.1 Å². The van der Waals surface area contributed by atoms with E-state index in [9.17, 15) is 4.79 Å². The first kappa shape index (κ1) is 18.9. The van der Waals surface area contributed by atoms with Crippen LogP contribution in [0.5, 0.6) is 5.75 Å². The lowest BCUT2D eigenvalue weighted by molar-refractivity contribution is 0.118. The Morgan fingerprint density at radius 1 is 1.20 bits per heavy atom. The molecule has 2 aromatic carbocycles. The lowest BCUT2D eigenvalue weighted by atomic mass is 10.1. The van der Waals surface area contributed by atoms with Crippen molar-refractivity contribution in [2.24, 2.45) is 5.16 Å². The average molecular weight is 383 g/mol. The summed E-state index contributed by atoms with van der Waals surface area (Å²) in [5, 5.41) is 5.03. The molecule has 0 aliphatic rings. The monoisotopic (exact) mass is 382 g/mol. The van der Waals surface area contributed by atoms with E-state index in [4.69, 9.17) is 32.9 Å². The van der Waals surface area contributed by atoms with Crippen LogP contribution in [0.2, 0.25) is 10.0 Å². The number of oxime groups is 1. The van der Waals surface area contributed by atoms with Crippen LogP contribution in [0.15, 0.2) is 47.6 Å². The Labute approximate surface area is 155 Å². The summed E-state index contributed by atoms with van der Waals surface area (Å²) in [4.78, 5) is 21.5. The normalized spacial score (nSPS) is 11.0. The van der Waals surface area contributed by atoms with E-state index in [-0.39, 0.29) is 5.75 Å². The molecule has 0 saturated heterocycles. The Balaban J connectivity index is 2.02. The molecule has 2 aromatic rings. The predicted molar refractivity (Wildman–Crippen MR) is 96.1 cm³/mol. The largest absolute Gasteiger partial charge is 0.451 e. The van der Waals surface area contributed by atoms with Gasteiger partial charge in [0, 0.05) is 10.6 Å². The van der Waals surface area contributed by atoms with Crippen molar-refractivity contribution in [2.45, 2.75) is 13.5 Å². The number of hydrogen-bond acceptors (Lipinski definition) is 5. The van der Waals surface area contributed by atoms with Crippen molar-refractivity contribution in [1.82, 2.24) is 5.48 Å². The van der Waals surface area contributed by atoms with Gasteiger partial charge in [0.2, 0.25) is 0 Å². The number of halogens is 2. The minimum absolute atomic E-state index is 0.258. The molecule has 0 radical (unpaired) electrons. The molecule has 6 nitrogen and oxygen atoms in total. The lowest BCUT2D eigenvalue weighted by Gasteiger charge is -2.09. The van der Waals surface area contributed by atoms with Crippen LogP contribution < -0.4 is 10.3 Å². The van der Waals surface area contributed by atoms with Crippen LogP contribution in [0.4, 0.5) is 4.79 Å². The first-order chi connectivity index (χ1) is 12.0. The zero-order chi connectivity index (χ0) is 18.2. The number of benzene rings is 2. The zero-order valence-corrected chi connectivity index (χ0v) is 15.1. The van der Waals surface area contributed by atoms with Crippen molar-refractivity contribution in [3.05, 3.63) is 63.6 Å². The van der Waals surface area contributed by atoms with Gasteiger partial charge in [0.1, 0.15) is 6.61 Å². The van der Waals surface area contributed by atoms with Gasteiger partial charge in [-0.2, -0.15) is 5.48 Å². The molecule has 0 fully saturated rings. The number of hydrogen-bond donors (Lipinski definition) is 1. The molecule has 0 aliphatic carbocycles. The summed E-state index contributed by atoms with van der Waals surface area (Å²) in [6, 6.07) is 12.3. The van der Waals surface area contributed by atoms with Crippen LogP contribution >= 0.6 is 23.2 Å². The maximum Gasteiger partial charge on any atom is 0.440 e. The number of ether oxygens (including phenoxy) is 1. The molecule has 0 aliphatic heterocycles. The van der Waals surface area contributed by atoms with Crippen LogP contribution in [0.3, 0.4) is 0 Å². The Kier molecular flexibility index (Phi) is 6.91. The molecule has 0 saturated carbocycles. The fraction of sp³-hybridized carbons (Fsp3) is 0.176. The third-order valence-corrected chi connectivity index (χ3v) is 3.65. The first-order valence-corrected chi connectivity index (χ1v) is 7.97. The standard InChI is InChI=1S/C17H16Cl2N2O4/c1-11(20-24-10-12-4-3-5-14(18)8-12)13-6-7-15(19)16(9-13)25-21-17(22)23-2/h3-9H,10H2,1-2H3,(H,21,22)/b20-11+. The number of carbonyl (C=O) groups is 1. The number of methoxy groups -OCH3 is 1. The third-order valence-electron chi connectivity index (χ3n) is 3.10. The Bertz CT molecular complexity index is 781. The molecule has 2 rings (SSSR count). The summed E-state index contributed by atoms with van der Waals surface area (Å²) >= 11 is 11.9. The van der Waals surface area contributed by atoms with Gasteiger partial charge in [-0.05, 0) is 36.8 Å². The second-order valence-corrected chi connectivity index (χ2v) is 5.76. The zero-order valence-electron chi connectivity index (χ0n) is 13.6. The highest BCUT2D eigenvalue weighted by atomic mass is 35.5. The second-order valence-electron chi connectivity index (χ2n) is 4.92. The van der Waals surface area contributed by atoms with E-state index in [0.717, 1.165) is 11.1 Å². The molecule has 25 heavy (non-hydrogen) atoms. The number of hydroxylamine groups is 1. The maximum absolute atomic E-state index is 11.1. The fourth-order valence-electron chi connectivity index (χ4n) is 1.83. The highest BCUT2D eigenvalue weighted by molar-refractivity contribution is 6.32. The van der Waals surface area contributed by atoms with Crippen LogP contribution in [0, 0.1) is 0 Å². The van der Waals surface area contributed by atoms with E-state index >= 15 is 0 Å². The van der Waals surface area contributed by atoms with Gasteiger partial charge in [-0.25, -0.2) is 4.79 Å². The van der Waals surface area contributed by atoms with Gasteiger partial charge in [0.05, 0.1) is 17.8 Å². The van der Waals surface area contributed by atoms with Crippen molar-refractivity contribution >= 4 is 35.0 Å². The van der Waals surface area contributed by atoms with Crippen LogP contribution in [0.1, 0.15) is 18.1 Å². The summed E-state index contributed by atoms with van der Waals surface area (Å²) in [6.07, 6.45) is -0.739. The molecule has 8 heteroatoms. The summed E-state index contributed by atoms with van der Waals surface area (Å²) in [5.74, 6) is 0.258. The van der Waals surface area contributed by atoms with Crippen LogP contribution in [-0.4, -0.2) is 18.9 Å². The molecule has 0 atom stereocenters. The van der Waals surface area contributed by atoms with E-state index in [1.165, 1.54) is 7.11 Å². The van der Waals surface area contributed by atoms with Gasteiger partial charge in [0.15, 0.2) is 5.75 Å². The Morgan fingerprint density at radius 2 is 2.00 bits per heavy atom. The average Bonchev–Trinajstić information content (AvgIpc) is 2.60. The molecular weight excluding hydrogens is 367 g/mol. The quantitative estimate of drug-likeness (QED) is 0.586. The number of nitrogens with one attached hydrogen (secondary N) is 1. The number of rotatable bonds is 6. The van der Waals surface area contributed by atoms with Crippen molar-refractivity contribution in [3.63, 3.8) is 0 Å². The van der Waals surface area contributed by atoms with E-state index in [0.29, 0.717) is 22.4 Å². The highest BCUT2D eigenvalue weighted by Crippen LogP contribution is 2.25. The molecule has 0 heterocycles. The second kappa shape index (κ2) is 9.15. The van der Waals surface area contributed by atoms with Crippen LogP contribution in [0.25, 0.3) is 0 Å². The third kappa shape index (κ3) is 5.85. The highest BCUT2D eigenvalue weighted by Gasteiger charge is 2.08. The summed E-state index contributed by atoms with van der Waals surface area (Å²) in [5.41, 5.74) is 4.34. The van der Waals surface area contributed by atoms with Gasteiger partial charge in [0.25, 0.3) is 0 Å². The molecule has 0 bridgehead atoms. The molecule has 0 unspecified atom stereocenters. The molecule has 0 aromatic heterocycles. The van der Waals surface area contributed by atoms with Gasteiger partial charge in [-0.15, -0.1) is 0 Å². The minimum Gasteiger partial charge on any atom is -0.451 e. The van der Waals surface area contributed by atoms with Gasteiger partial charge >= 0.3 is 6.09 Å². The molecule has 1 N–H and O–H groups in total. The Hall–Kier alpha value is -2.44. The van der Waals surface area contributed by atoms with Gasteiger partial charge < -0.3 is 14.4 Å². The van der Waals surface area contributed by atoms with E-state index in [1.54, 1.807) is 37.3 Å². The van der Waals surface area contributed by atoms with Crippen molar-refractivity contribution in [1.29, 1.82) is 0 Å². The lowest BCUT2D eigenvalue weighted by Crippen LogP contribution is -2.26. The van der Waals surface area contributed by atoms with Crippen molar-refractivity contribution in [3.8, 4) is 5.75 Å². The Morgan fingerprint density at radius 3 is 2.72 bits per heavy atom. The topological polar surface area (TPSA) is 69.2 Å². The van der Waals surface area contributed by atoms with E-state index in [2.05, 4.69) is 15.4 Å². The smallest absolute Gasteiger partial charge is 0.440 e. The molecule has 132 valence electrons. The molecule has 1 amide bonds. The number of amides is 1. The number of nitrogens with zero attached hydrogens (tertiary/aromatic N) is 1. The minimum atomic E-state index is -0.739. The van der Waals surface area contributed by atoms with E-state index < -0.39 is 6.09 Å². The van der Waals surface area contributed by atoms with Crippen molar-refractivity contribution < 1.29 is 19.2 Å². The summed E-state index contributed by atoms with van der Waals surface area (Å²) in [6.45, 7) is 2.07. The van der Waals surface area contributed by atoms with Gasteiger partial charge in [-0.3, -0.25) is 0 Å². The number of carbonyl (C=O) groups excluding carboxylic acids is 1. The first-order valence-electron chi connectivity index (χ1n) is 7.21. The predicted octanol–water partition coefficient (Wildman–Crippen LogP) is 4.58. The summed E-state index contributed by atoms with van der Waals surface area (Å²) < 4.78 is 4.42. The van der Waals surface area contributed by atoms with Crippen LogP contribution in [-0.2, 0) is 16.2 Å². The van der Waals surface area contributed by atoms with Gasteiger partial charge in [-0.1, -0.05) is 46.6 Å².